The summed E-state index contributed by atoms with van der Waals surface area (Å²) in [6.45, 7) is 8.58. The van der Waals surface area contributed by atoms with E-state index >= 15 is 0 Å². The van der Waals surface area contributed by atoms with Crippen molar-refractivity contribution < 1.29 is 14.2 Å². The number of ether oxygens (including phenoxy) is 3. The number of allylic oxidation sites excluding steroid dienone is 1. The van der Waals surface area contributed by atoms with Gasteiger partial charge < -0.3 is 19.9 Å². The van der Waals surface area contributed by atoms with E-state index in [0.717, 1.165) is 18.4 Å². The van der Waals surface area contributed by atoms with Crippen LogP contribution >= 0.6 is 0 Å². The molecule has 0 radical (unpaired) electrons. The molecule has 1 fully saturated rings. The number of rotatable bonds is 7. The quantitative estimate of drug-likeness (QED) is 0.662. The molecule has 1 aromatic carbocycles. The molecule has 28 heavy (non-hydrogen) atoms. The van der Waals surface area contributed by atoms with Crippen molar-refractivity contribution in [2.75, 3.05) is 6.61 Å². The van der Waals surface area contributed by atoms with E-state index < -0.39 is 0 Å². The third-order valence-corrected chi connectivity index (χ3v) is 5.15. The highest BCUT2D eigenvalue weighted by atomic mass is 16.5. The fraction of sp³-hybridized carbons (Fsp3) is 0.571. The highest BCUT2D eigenvalue weighted by molar-refractivity contribution is 5.49. The van der Waals surface area contributed by atoms with Crippen LogP contribution in [0.25, 0.3) is 0 Å². The number of nitrogens with one attached hydrogen (secondary N) is 2. The first-order valence-corrected chi connectivity index (χ1v) is 10.0. The van der Waals surface area contributed by atoms with Crippen molar-refractivity contribution in [2.24, 2.45) is 11.7 Å². The largest absolute Gasteiger partial charge is 0.490 e. The van der Waals surface area contributed by atoms with Gasteiger partial charge in [-0.15, -0.1) is 0 Å². The van der Waals surface area contributed by atoms with Crippen LogP contribution in [-0.2, 0) is 4.74 Å². The van der Waals surface area contributed by atoms with Crippen LogP contribution < -0.4 is 26.1 Å². The average molecular weight is 386 g/mol. The van der Waals surface area contributed by atoms with Crippen LogP contribution in [0.3, 0.4) is 0 Å². The number of hydrogen-bond acceptors (Lipinski definition) is 7. The van der Waals surface area contributed by atoms with E-state index in [1.165, 1.54) is 0 Å². The first kappa shape index (κ1) is 20.3. The second kappa shape index (κ2) is 8.72. The Bertz CT molecular complexity index is 771. The van der Waals surface area contributed by atoms with Crippen molar-refractivity contribution >= 4 is 0 Å². The van der Waals surface area contributed by atoms with Gasteiger partial charge in [0.05, 0.1) is 18.3 Å². The lowest BCUT2D eigenvalue weighted by Gasteiger charge is -2.36. The number of nitriles is 1. The van der Waals surface area contributed by atoms with E-state index in [0.29, 0.717) is 23.7 Å². The molecule has 2 aliphatic rings. The van der Waals surface area contributed by atoms with Crippen molar-refractivity contribution in [1.82, 2.24) is 10.9 Å². The number of hydrogen-bond donors (Lipinski definition) is 3. The molecule has 7 heteroatoms. The number of nitrogens with zero attached hydrogens (tertiary/aromatic N) is 1. The summed E-state index contributed by atoms with van der Waals surface area (Å²) in [5.41, 5.74) is 14.1. The first-order valence-electron chi connectivity index (χ1n) is 10.0. The van der Waals surface area contributed by atoms with Gasteiger partial charge in [0, 0.05) is 17.9 Å². The normalized spacial score (nSPS) is 26.6. The zero-order valence-electron chi connectivity index (χ0n) is 17.0. The van der Waals surface area contributed by atoms with Crippen molar-refractivity contribution in [3.05, 3.63) is 35.2 Å². The molecule has 0 spiro atoms. The second-order valence-corrected chi connectivity index (χ2v) is 7.47. The average Bonchev–Trinajstić information content (AvgIpc) is 3.04. The monoisotopic (exact) mass is 386 g/mol. The number of benzene rings is 1. The molecule has 4 N–H and O–H groups in total. The third-order valence-electron chi connectivity index (χ3n) is 5.15. The molecule has 2 aliphatic heterocycles. The lowest BCUT2D eigenvalue weighted by atomic mass is 9.74. The molecule has 2 heterocycles. The van der Waals surface area contributed by atoms with Gasteiger partial charge in [-0.3, -0.25) is 5.43 Å². The molecule has 7 nitrogen and oxygen atoms in total. The summed E-state index contributed by atoms with van der Waals surface area (Å²) in [4.78, 5) is 0. The van der Waals surface area contributed by atoms with Crippen LogP contribution in [0.1, 0.15) is 52.0 Å². The maximum Gasteiger partial charge on any atom is 0.200 e. The fourth-order valence-corrected chi connectivity index (χ4v) is 4.08. The Kier molecular flexibility index (Phi) is 6.32. The molecule has 4 atom stereocenters. The minimum Gasteiger partial charge on any atom is -0.490 e. The Balaban J connectivity index is 2.05. The smallest absolute Gasteiger partial charge is 0.200 e. The van der Waals surface area contributed by atoms with Gasteiger partial charge >= 0.3 is 0 Å². The van der Waals surface area contributed by atoms with Crippen LogP contribution in [0.5, 0.6) is 11.5 Å². The predicted molar refractivity (Wildman–Crippen MR) is 106 cm³/mol. The van der Waals surface area contributed by atoms with Crippen LogP contribution in [0.2, 0.25) is 0 Å². The van der Waals surface area contributed by atoms with Crippen molar-refractivity contribution in [3.63, 3.8) is 0 Å². The minimum atomic E-state index is -0.277. The summed E-state index contributed by atoms with van der Waals surface area (Å²) in [7, 11) is 0. The maximum absolute atomic E-state index is 9.81. The van der Waals surface area contributed by atoms with Gasteiger partial charge in [0.1, 0.15) is 6.07 Å². The zero-order valence-corrected chi connectivity index (χ0v) is 17.0. The molecule has 0 aromatic heterocycles. The topological polar surface area (TPSA) is 102 Å². The molecule has 0 aliphatic carbocycles. The van der Waals surface area contributed by atoms with Crippen LogP contribution in [0, 0.1) is 17.2 Å². The van der Waals surface area contributed by atoms with E-state index in [4.69, 9.17) is 19.9 Å². The summed E-state index contributed by atoms with van der Waals surface area (Å²) < 4.78 is 17.5. The van der Waals surface area contributed by atoms with E-state index in [2.05, 4.69) is 23.8 Å². The fourth-order valence-electron chi connectivity index (χ4n) is 4.08. The van der Waals surface area contributed by atoms with Crippen LogP contribution in [-0.4, -0.2) is 25.0 Å². The number of nitrogens with two attached hydrogens (primary N) is 1. The first-order chi connectivity index (χ1) is 13.5. The lowest BCUT2D eigenvalue weighted by molar-refractivity contribution is 0.0336. The van der Waals surface area contributed by atoms with Gasteiger partial charge in [0.25, 0.3) is 0 Å². The lowest BCUT2D eigenvalue weighted by Crippen LogP contribution is -2.41. The highest BCUT2D eigenvalue weighted by Crippen LogP contribution is 2.45. The summed E-state index contributed by atoms with van der Waals surface area (Å²) in [5.74, 6) is 1.43. The maximum atomic E-state index is 9.81. The van der Waals surface area contributed by atoms with Crippen molar-refractivity contribution in [1.29, 1.82) is 5.26 Å². The Hall–Kier alpha value is -2.43. The van der Waals surface area contributed by atoms with Gasteiger partial charge in [0.15, 0.2) is 17.7 Å². The Labute approximate surface area is 166 Å². The summed E-state index contributed by atoms with van der Waals surface area (Å²) in [5, 5.41) is 9.81. The van der Waals surface area contributed by atoms with E-state index in [9.17, 15) is 5.26 Å². The van der Waals surface area contributed by atoms with E-state index in [1.54, 1.807) is 0 Å². The molecule has 152 valence electrons. The predicted octanol–water partition coefficient (Wildman–Crippen LogP) is 2.90. The van der Waals surface area contributed by atoms with Crippen molar-refractivity contribution in [3.8, 4) is 17.6 Å². The Morgan fingerprint density at radius 2 is 2.04 bits per heavy atom. The SMILES string of the molecule is CCCC1NNC2OC(N)=C(C#N)C(c3ccc(OC(C)C)c(OCC)c3)C12. The molecule has 0 saturated carbocycles. The molecule has 1 saturated heterocycles. The molecular weight excluding hydrogens is 356 g/mol. The van der Waals surface area contributed by atoms with E-state index in [1.807, 2.05) is 39.0 Å². The molecule has 1 aromatic rings. The summed E-state index contributed by atoms with van der Waals surface area (Å²) in [6.07, 6.45) is 1.77. The third kappa shape index (κ3) is 3.89. The van der Waals surface area contributed by atoms with Crippen LogP contribution in [0.15, 0.2) is 29.7 Å². The molecule has 0 bridgehead atoms. The number of fused-ring (bicyclic) bond motifs is 1. The molecule has 0 amide bonds. The second-order valence-electron chi connectivity index (χ2n) is 7.47. The molecule has 4 unspecified atom stereocenters. The summed E-state index contributed by atoms with van der Waals surface area (Å²) >= 11 is 0. The minimum absolute atomic E-state index is 0.0416. The van der Waals surface area contributed by atoms with Gasteiger partial charge in [-0.25, -0.2) is 5.43 Å². The van der Waals surface area contributed by atoms with Crippen LogP contribution in [0.4, 0.5) is 0 Å². The number of hydrazine groups is 1. The van der Waals surface area contributed by atoms with Gasteiger partial charge in [-0.2, -0.15) is 5.26 Å². The van der Waals surface area contributed by atoms with Gasteiger partial charge in [-0.1, -0.05) is 19.4 Å². The Morgan fingerprint density at radius 1 is 1.25 bits per heavy atom. The zero-order chi connectivity index (χ0) is 20.3. The van der Waals surface area contributed by atoms with Gasteiger partial charge in [-0.05, 0) is 44.9 Å². The Morgan fingerprint density at radius 3 is 2.68 bits per heavy atom. The highest BCUT2D eigenvalue weighted by Gasteiger charge is 2.48. The van der Waals surface area contributed by atoms with E-state index in [-0.39, 0.29) is 36.1 Å². The molecule has 3 rings (SSSR count). The summed E-state index contributed by atoms with van der Waals surface area (Å²) in [6, 6.07) is 8.35. The standard InChI is InChI=1S/C21H30N4O3/c1-5-7-15-19-18(14(11-22)20(23)28-21(19)25-24-15)13-8-9-16(27-12(3)4)17(10-13)26-6-2/h8-10,12,15,18-19,21,24-25H,5-7,23H2,1-4H3. The van der Waals surface area contributed by atoms with Gasteiger partial charge in [0.2, 0.25) is 5.88 Å². The van der Waals surface area contributed by atoms with Crippen molar-refractivity contribution in [2.45, 2.75) is 64.8 Å². The molecular formula is C21H30N4O3.